The van der Waals surface area contributed by atoms with E-state index in [9.17, 15) is 19.4 Å². The maximum Gasteiger partial charge on any atom is 0.316 e. The molecule has 32 heavy (non-hydrogen) atoms. The Bertz CT molecular complexity index is 1170. The van der Waals surface area contributed by atoms with Crippen LogP contribution in [0.1, 0.15) is 42.5 Å². The van der Waals surface area contributed by atoms with Gasteiger partial charge in [-0.05, 0) is 62.3 Å². The number of aliphatic carboxylic acids is 1. The molecule has 9 heteroatoms. The lowest BCUT2D eigenvalue weighted by molar-refractivity contribution is -0.149. The molecule has 1 aromatic carbocycles. The largest absolute Gasteiger partial charge is 0.481 e. The first-order valence-corrected chi connectivity index (χ1v) is 11.3. The highest BCUT2D eigenvalue weighted by molar-refractivity contribution is 7.15. The number of carbonyl (C=O) groups is 1. The van der Waals surface area contributed by atoms with Crippen LogP contribution in [0.25, 0.3) is 10.4 Å². The van der Waals surface area contributed by atoms with Gasteiger partial charge < -0.3 is 15.5 Å². The second kappa shape index (κ2) is 8.55. The number of anilines is 2. The zero-order chi connectivity index (χ0) is 23.0. The molecule has 2 aromatic heterocycles. The van der Waals surface area contributed by atoms with Crippen molar-refractivity contribution in [3.8, 4) is 10.4 Å². The molecule has 0 aliphatic heterocycles. The summed E-state index contributed by atoms with van der Waals surface area (Å²) in [6, 6.07) is 5.84. The molecule has 0 saturated heterocycles. The number of hydrogen-bond donors (Lipinski definition) is 3. The summed E-state index contributed by atoms with van der Waals surface area (Å²) in [7, 11) is 0. The molecule has 3 atom stereocenters. The van der Waals surface area contributed by atoms with Gasteiger partial charge in [0.05, 0.1) is 22.9 Å². The number of aliphatic hydroxyl groups excluding tert-OH is 1. The van der Waals surface area contributed by atoms with Gasteiger partial charge in [0, 0.05) is 11.9 Å². The highest BCUT2D eigenvalue weighted by atomic mass is 32.1. The van der Waals surface area contributed by atoms with Crippen LogP contribution in [0.5, 0.6) is 0 Å². The van der Waals surface area contributed by atoms with Gasteiger partial charge in [0.15, 0.2) is 5.82 Å². The van der Waals surface area contributed by atoms with Gasteiger partial charge in [-0.3, -0.25) is 4.79 Å². The number of aryl methyl sites for hydroxylation is 2. The van der Waals surface area contributed by atoms with Gasteiger partial charge in [-0.2, -0.15) is 0 Å². The first-order valence-electron chi connectivity index (χ1n) is 10.4. The Morgan fingerprint density at radius 2 is 2.03 bits per heavy atom. The number of hydrogen-bond acceptors (Lipinski definition) is 7. The smallest absolute Gasteiger partial charge is 0.316 e. The molecular weight excluding hydrogens is 431 g/mol. The number of carboxylic acids is 1. The quantitative estimate of drug-likeness (QED) is 0.515. The van der Waals surface area contributed by atoms with Crippen LogP contribution >= 0.6 is 11.3 Å². The SMILES string of the molecule is Cc1cc(Nc2ncc(F)c(C)n2)cc(-c2cnc([C@]3(C(=O)O)CC[C@H](O)C[C@@H]3C)s2)c1. The molecule has 0 spiro atoms. The molecule has 4 rings (SSSR count). The van der Waals surface area contributed by atoms with Gasteiger partial charge in [0.25, 0.3) is 0 Å². The van der Waals surface area contributed by atoms with Crippen LogP contribution in [-0.4, -0.2) is 37.2 Å². The van der Waals surface area contributed by atoms with Crippen molar-refractivity contribution >= 4 is 28.9 Å². The average molecular weight is 457 g/mol. The lowest BCUT2D eigenvalue weighted by Crippen LogP contribution is -2.47. The van der Waals surface area contributed by atoms with Crippen LogP contribution in [-0.2, 0) is 10.2 Å². The number of nitrogens with zero attached hydrogens (tertiary/aromatic N) is 3. The molecule has 1 saturated carbocycles. The second-order valence-electron chi connectivity index (χ2n) is 8.48. The van der Waals surface area contributed by atoms with E-state index < -0.39 is 23.3 Å². The summed E-state index contributed by atoms with van der Waals surface area (Å²) in [6.07, 6.45) is 3.61. The van der Waals surface area contributed by atoms with E-state index >= 15 is 0 Å². The molecule has 7 nitrogen and oxygen atoms in total. The fraction of sp³-hybridized carbons (Fsp3) is 0.391. The first kappa shape index (κ1) is 22.3. The van der Waals surface area contributed by atoms with E-state index in [0.29, 0.717) is 30.2 Å². The molecular formula is C23H25FN4O3S. The van der Waals surface area contributed by atoms with Crippen LogP contribution in [0, 0.1) is 25.6 Å². The van der Waals surface area contributed by atoms with Gasteiger partial charge in [-0.25, -0.2) is 19.3 Å². The fourth-order valence-corrected chi connectivity index (χ4v) is 5.58. The molecule has 3 aromatic rings. The van der Waals surface area contributed by atoms with Gasteiger partial charge in [-0.15, -0.1) is 11.3 Å². The van der Waals surface area contributed by atoms with Gasteiger partial charge in [0.1, 0.15) is 10.4 Å². The van der Waals surface area contributed by atoms with E-state index in [1.165, 1.54) is 11.3 Å². The van der Waals surface area contributed by atoms with E-state index in [0.717, 1.165) is 27.9 Å². The summed E-state index contributed by atoms with van der Waals surface area (Å²) in [4.78, 5) is 25.8. The summed E-state index contributed by atoms with van der Waals surface area (Å²) < 4.78 is 13.5. The van der Waals surface area contributed by atoms with Crippen molar-refractivity contribution in [3.63, 3.8) is 0 Å². The van der Waals surface area contributed by atoms with Gasteiger partial charge in [-0.1, -0.05) is 13.0 Å². The minimum atomic E-state index is -1.09. The van der Waals surface area contributed by atoms with Crippen molar-refractivity contribution in [2.75, 3.05) is 5.32 Å². The van der Waals surface area contributed by atoms with Crippen LogP contribution in [0.2, 0.25) is 0 Å². The number of thiazole rings is 1. The Morgan fingerprint density at radius 1 is 1.25 bits per heavy atom. The third kappa shape index (κ3) is 4.10. The fourth-order valence-electron chi connectivity index (χ4n) is 4.35. The minimum Gasteiger partial charge on any atom is -0.481 e. The standard InChI is InChI=1S/C23H25FN4O3S/c1-12-6-15(9-16(7-12)28-22-26-10-18(24)14(3)27-22)19-11-25-20(32-19)23(21(30)31)5-4-17(29)8-13(23)2/h6-7,9-11,13,17,29H,4-5,8H2,1-3H3,(H,30,31)(H,26,27,28)/t13-,17-,23-/m0/s1. The molecule has 0 bridgehead atoms. The first-order chi connectivity index (χ1) is 15.2. The van der Waals surface area contributed by atoms with Crippen LogP contribution in [0.4, 0.5) is 16.0 Å². The van der Waals surface area contributed by atoms with E-state index in [1.807, 2.05) is 32.0 Å². The highest BCUT2D eigenvalue weighted by Gasteiger charge is 2.50. The molecule has 1 fully saturated rings. The minimum absolute atomic E-state index is 0.226. The van der Waals surface area contributed by atoms with E-state index in [2.05, 4.69) is 20.3 Å². The number of aromatic nitrogens is 3. The summed E-state index contributed by atoms with van der Waals surface area (Å²) >= 11 is 1.37. The van der Waals surface area contributed by atoms with Crippen LogP contribution in [0.3, 0.4) is 0 Å². The Kier molecular flexibility index (Phi) is 5.96. The Labute approximate surface area is 189 Å². The van der Waals surface area contributed by atoms with E-state index in [1.54, 1.807) is 13.1 Å². The maximum absolute atomic E-state index is 13.5. The molecule has 1 aliphatic rings. The monoisotopic (exact) mass is 456 g/mol. The second-order valence-corrected chi connectivity index (χ2v) is 9.51. The number of carboxylic acid groups (broad SMARTS) is 1. The van der Waals surface area contributed by atoms with Crippen molar-refractivity contribution in [1.82, 2.24) is 15.0 Å². The maximum atomic E-state index is 13.5. The summed E-state index contributed by atoms with van der Waals surface area (Å²) in [6.45, 7) is 5.40. The summed E-state index contributed by atoms with van der Waals surface area (Å²) in [5.74, 6) is -1.29. The molecule has 0 unspecified atom stereocenters. The summed E-state index contributed by atoms with van der Waals surface area (Å²) in [5.41, 5.74) is 1.78. The van der Waals surface area contributed by atoms with E-state index in [-0.39, 0.29) is 11.6 Å². The molecule has 168 valence electrons. The number of benzene rings is 1. The predicted molar refractivity (Wildman–Crippen MR) is 121 cm³/mol. The van der Waals surface area contributed by atoms with Crippen LogP contribution in [0.15, 0.2) is 30.6 Å². The van der Waals surface area contributed by atoms with E-state index in [4.69, 9.17) is 0 Å². The van der Waals surface area contributed by atoms with Crippen molar-refractivity contribution in [2.24, 2.45) is 5.92 Å². The third-order valence-electron chi connectivity index (χ3n) is 6.15. The molecule has 0 amide bonds. The molecule has 0 radical (unpaired) electrons. The Morgan fingerprint density at radius 3 is 2.72 bits per heavy atom. The zero-order valence-electron chi connectivity index (χ0n) is 18.1. The topological polar surface area (TPSA) is 108 Å². The Balaban J connectivity index is 1.66. The zero-order valence-corrected chi connectivity index (χ0v) is 18.9. The van der Waals surface area contributed by atoms with Crippen molar-refractivity contribution in [1.29, 1.82) is 0 Å². The number of rotatable bonds is 5. The number of nitrogens with one attached hydrogen (secondary N) is 1. The molecule has 1 aliphatic carbocycles. The van der Waals surface area contributed by atoms with Crippen molar-refractivity contribution < 1.29 is 19.4 Å². The Hall–Kier alpha value is -2.91. The van der Waals surface area contributed by atoms with Crippen molar-refractivity contribution in [2.45, 2.75) is 51.6 Å². The number of aliphatic hydroxyl groups is 1. The molecule has 2 heterocycles. The average Bonchev–Trinajstić information content (AvgIpc) is 3.21. The lowest BCUT2D eigenvalue weighted by Gasteiger charge is -2.39. The normalized spacial score (nSPS) is 23.2. The lowest BCUT2D eigenvalue weighted by atomic mass is 9.66. The summed E-state index contributed by atoms with van der Waals surface area (Å²) in [5, 5.41) is 23.8. The van der Waals surface area contributed by atoms with Gasteiger partial charge >= 0.3 is 5.97 Å². The van der Waals surface area contributed by atoms with Crippen LogP contribution < -0.4 is 5.32 Å². The number of halogens is 1. The third-order valence-corrected chi connectivity index (χ3v) is 7.37. The van der Waals surface area contributed by atoms with Gasteiger partial charge in [0.2, 0.25) is 5.95 Å². The van der Waals surface area contributed by atoms with Crippen molar-refractivity contribution in [3.05, 3.63) is 52.7 Å². The highest BCUT2D eigenvalue weighted by Crippen LogP contribution is 2.46. The predicted octanol–water partition coefficient (Wildman–Crippen LogP) is 4.60. The molecule has 3 N–H and O–H groups in total.